The molecule has 2 aromatic rings. The Labute approximate surface area is 93.2 Å². The van der Waals surface area contributed by atoms with Crippen molar-refractivity contribution >= 4 is 0 Å². The number of furan rings is 1. The maximum atomic E-state index is 5.55. The summed E-state index contributed by atoms with van der Waals surface area (Å²) < 4.78 is 10.3. The van der Waals surface area contributed by atoms with Gasteiger partial charge in [-0.2, -0.15) is 0 Å². The van der Waals surface area contributed by atoms with E-state index in [4.69, 9.17) is 15.0 Å². The molecule has 16 heavy (non-hydrogen) atoms. The van der Waals surface area contributed by atoms with E-state index in [1.54, 1.807) is 32.0 Å². The summed E-state index contributed by atoms with van der Waals surface area (Å²) >= 11 is 0. The van der Waals surface area contributed by atoms with Gasteiger partial charge in [0, 0.05) is 17.3 Å². The molecule has 2 rings (SSSR count). The summed E-state index contributed by atoms with van der Waals surface area (Å²) in [5.41, 5.74) is 4.58. The van der Waals surface area contributed by atoms with E-state index in [9.17, 15) is 0 Å². The van der Waals surface area contributed by atoms with Crippen LogP contribution in [0.2, 0.25) is 0 Å². The summed E-state index contributed by atoms with van der Waals surface area (Å²) in [7, 11) is 1.60. The zero-order chi connectivity index (χ0) is 11.4. The zero-order valence-electron chi connectivity index (χ0n) is 8.88. The number of ether oxygens (including phenoxy) is 1. The maximum absolute atomic E-state index is 5.55. The third kappa shape index (κ3) is 1.91. The topological polar surface area (TPSA) is 73.3 Å². The van der Waals surface area contributed by atoms with Gasteiger partial charge in [-0.25, -0.2) is 5.43 Å². The Bertz CT molecular complexity index is 442. The number of hydrazine groups is 1. The molecule has 0 bridgehead atoms. The maximum Gasteiger partial charge on any atom is 0.142 e. The second-order valence-corrected chi connectivity index (χ2v) is 3.27. The van der Waals surface area contributed by atoms with Crippen LogP contribution in [0.4, 0.5) is 0 Å². The highest BCUT2D eigenvalue weighted by molar-refractivity contribution is 5.38. The van der Waals surface area contributed by atoms with Crippen LogP contribution in [-0.4, -0.2) is 12.1 Å². The first-order valence-corrected chi connectivity index (χ1v) is 4.83. The molecule has 2 aromatic heterocycles. The Morgan fingerprint density at radius 3 is 3.00 bits per heavy atom. The van der Waals surface area contributed by atoms with Gasteiger partial charge in [0.15, 0.2) is 0 Å². The molecule has 1 unspecified atom stereocenters. The minimum absolute atomic E-state index is 0.170. The minimum Gasteiger partial charge on any atom is -0.495 e. The molecule has 0 saturated heterocycles. The lowest BCUT2D eigenvalue weighted by molar-refractivity contribution is 0.402. The first kappa shape index (κ1) is 10.7. The quantitative estimate of drug-likeness (QED) is 0.597. The number of pyridine rings is 1. The lowest BCUT2D eigenvalue weighted by Gasteiger charge is -2.17. The molecule has 0 spiro atoms. The van der Waals surface area contributed by atoms with Crippen LogP contribution in [0.1, 0.15) is 17.2 Å². The van der Waals surface area contributed by atoms with E-state index in [-0.39, 0.29) is 6.04 Å². The van der Waals surface area contributed by atoms with Crippen LogP contribution >= 0.6 is 0 Å². The van der Waals surface area contributed by atoms with Crippen molar-refractivity contribution in [2.75, 3.05) is 7.11 Å². The number of nitrogens with one attached hydrogen (secondary N) is 1. The fourth-order valence-electron chi connectivity index (χ4n) is 1.60. The van der Waals surface area contributed by atoms with Gasteiger partial charge in [-0.1, -0.05) is 0 Å². The highest BCUT2D eigenvalue weighted by Crippen LogP contribution is 2.28. The van der Waals surface area contributed by atoms with E-state index in [0.29, 0.717) is 5.75 Å². The summed E-state index contributed by atoms with van der Waals surface area (Å²) in [5.74, 6) is 6.24. The first-order valence-electron chi connectivity index (χ1n) is 4.83. The Balaban J connectivity index is 2.41. The Hall–Kier alpha value is -1.85. The van der Waals surface area contributed by atoms with Gasteiger partial charge in [0.25, 0.3) is 0 Å². The fourth-order valence-corrected chi connectivity index (χ4v) is 1.60. The molecular formula is C11H13N3O2. The Morgan fingerprint density at radius 2 is 2.38 bits per heavy atom. The molecule has 0 aliphatic rings. The standard InChI is InChI=1S/C11H13N3O2/c1-15-10-6-13-4-2-9(10)11(14-12)8-3-5-16-7-8/h2-7,11,14H,12H2,1H3. The van der Waals surface area contributed by atoms with Crippen molar-refractivity contribution in [3.8, 4) is 5.75 Å². The number of hydrogen-bond acceptors (Lipinski definition) is 5. The van der Waals surface area contributed by atoms with Crippen molar-refractivity contribution in [1.29, 1.82) is 0 Å². The smallest absolute Gasteiger partial charge is 0.142 e. The molecule has 0 aliphatic heterocycles. The minimum atomic E-state index is -0.170. The van der Waals surface area contributed by atoms with E-state index in [2.05, 4.69) is 10.4 Å². The average Bonchev–Trinajstić information content (AvgIpc) is 2.84. The van der Waals surface area contributed by atoms with Gasteiger partial charge in [0.2, 0.25) is 0 Å². The number of nitrogens with zero attached hydrogens (tertiary/aromatic N) is 1. The van der Waals surface area contributed by atoms with Crippen LogP contribution in [-0.2, 0) is 0 Å². The molecule has 5 heteroatoms. The van der Waals surface area contributed by atoms with Gasteiger partial charge in [0.05, 0.1) is 31.9 Å². The molecule has 2 heterocycles. The van der Waals surface area contributed by atoms with Crippen molar-refractivity contribution in [2.24, 2.45) is 5.84 Å². The van der Waals surface area contributed by atoms with E-state index in [0.717, 1.165) is 11.1 Å². The lowest BCUT2D eigenvalue weighted by Crippen LogP contribution is -2.28. The third-order valence-corrected chi connectivity index (χ3v) is 2.39. The molecule has 1 atom stereocenters. The monoisotopic (exact) mass is 219 g/mol. The van der Waals surface area contributed by atoms with Crippen molar-refractivity contribution in [2.45, 2.75) is 6.04 Å². The van der Waals surface area contributed by atoms with Gasteiger partial charge in [-0.05, 0) is 12.1 Å². The van der Waals surface area contributed by atoms with E-state index < -0.39 is 0 Å². The van der Waals surface area contributed by atoms with Crippen LogP contribution in [0.15, 0.2) is 41.5 Å². The van der Waals surface area contributed by atoms with E-state index >= 15 is 0 Å². The largest absolute Gasteiger partial charge is 0.495 e. The zero-order valence-corrected chi connectivity index (χ0v) is 8.88. The Kier molecular flexibility index (Phi) is 3.19. The van der Waals surface area contributed by atoms with Crippen molar-refractivity contribution in [3.05, 3.63) is 48.2 Å². The average molecular weight is 219 g/mol. The second-order valence-electron chi connectivity index (χ2n) is 3.27. The fraction of sp³-hybridized carbons (Fsp3) is 0.182. The molecule has 84 valence electrons. The van der Waals surface area contributed by atoms with Gasteiger partial charge in [-0.15, -0.1) is 0 Å². The molecule has 5 nitrogen and oxygen atoms in total. The predicted molar refractivity (Wildman–Crippen MR) is 58.7 cm³/mol. The summed E-state index contributed by atoms with van der Waals surface area (Å²) in [6.07, 6.45) is 6.60. The van der Waals surface area contributed by atoms with Crippen LogP contribution < -0.4 is 16.0 Å². The van der Waals surface area contributed by atoms with Crippen LogP contribution in [0.25, 0.3) is 0 Å². The van der Waals surface area contributed by atoms with Gasteiger partial charge >= 0.3 is 0 Å². The lowest BCUT2D eigenvalue weighted by atomic mass is 10.0. The molecule has 3 N–H and O–H groups in total. The first-order chi connectivity index (χ1) is 7.86. The van der Waals surface area contributed by atoms with Gasteiger partial charge < -0.3 is 9.15 Å². The summed E-state index contributed by atoms with van der Waals surface area (Å²) in [6, 6.07) is 3.54. The summed E-state index contributed by atoms with van der Waals surface area (Å²) in [6.45, 7) is 0. The van der Waals surface area contributed by atoms with Gasteiger partial charge in [0.1, 0.15) is 5.75 Å². The number of hydrogen-bond donors (Lipinski definition) is 2. The third-order valence-electron chi connectivity index (χ3n) is 2.39. The number of nitrogens with two attached hydrogens (primary N) is 1. The van der Waals surface area contributed by atoms with Crippen molar-refractivity contribution < 1.29 is 9.15 Å². The molecule has 0 saturated carbocycles. The highest BCUT2D eigenvalue weighted by Gasteiger charge is 2.17. The van der Waals surface area contributed by atoms with Crippen LogP contribution in [0.3, 0.4) is 0 Å². The SMILES string of the molecule is COc1cnccc1C(NN)c1ccoc1. The molecule has 0 amide bonds. The highest BCUT2D eigenvalue weighted by atomic mass is 16.5. The summed E-state index contributed by atoms with van der Waals surface area (Å²) in [5, 5.41) is 0. The number of rotatable bonds is 4. The van der Waals surface area contributed by atoms with Crippen molar-refractivity contribution in [3.63, 3.8) is 0 Å². The Morgan fingerprint density at radius 1 is 1.50 bits per heavy atom. The van der Waals surface area contributed by atoms with E-state index in [1.165, 1.54) is 0 Å². The number of methoxy groups -OCH3 is 1. The van der Waals surface area contributed by atoms with Crippen LogP contribution in [0.5, 0.6) is 5.75 Å². The molecule has 0 aliphatic carbocycles. The molecule has 0 aromatic carbocycles. The summed E-state index contributed by atoms with van der Waals surface area (Å²) in [4.78, 5) is 4.00. The van der Waals surface area contributed by atoms with E-state index in [1.807, 2.05) is 12.1 Å². The molecule has 0 fully saturated rings. The predicted octanol–water partition coefficient (Wildman–Crippen LogP) is 1.24. The van der Waals surface area contributed by atoms with Crippen LogP contribution in [0, 0.1) is 0 Å². The second kappa shape index (κ2) is 4.78. The van der Waals surface area contributed by atoms with Crippen molar-refractivity contribution in [1.82, 2.24) is 10.4 Å². The normalized spacial score (nSPS) is 12.4. The number of aromatic nitrogens is 1. The molecular weight excluding hydrogens is 206 g/mol. The van der Waals surface area contributed by atoms with Gasteiger partial charge in [-0.3, -0.25) is 10.8 Å². The molecule has 0 radical (unpaired) electrons.